The lowest BCUT2D eigenvalue weighted by molar-refractivity contribution is -0.134. The molecule has 10 nitrogen and oxygen atoms in total. The highest BCUT2D eigenvalue weighted by atomic mass is 16.5. The van der Waals surface area contributed by atoms with Crippen molar-refractivity contribution in [3.05, 3.63) is 54.5 Å². The van der Waals surface area contributed by atoms with Crippen molar-refractivity contribution in [1.82, 2.24) is 34.7 Å². The minimum absolute atomic E-state index is 0.297. The minimum Gasteiger partial charge on any atom is -0.478 e. The van der Waals surface area contributed by atoms with Gasteiger partial charge in [-0.25, -0.2) is 19.9 Å². The Kier molecular flexibility index (Phi) is 6.40. The maximum Gasteiger partial charge on any atom is 0.225 e. The van der Waals surface area contributed by atoms with Crippen LogP contribution in [0.1, 0.15) is 25.3 Å². The fraction of sp³-hybridized carbons (Fsp3) is 0.370. The van der Waals surface area contributed by atoms with E-state index in [0.29, 0.717) is 30.3 Å². The highest BCUT2D eigenvalue weighted by Gasteiger charge is 2.34. The molecule has 0 bridgehead atoms. The first kappa shape index (κ1) is 23.4. The number of aromatic amines is 1. The number of aromatic nitrogens is 5. The molecule has 6 rings (SSSR count). The van der Waals surface area contributed by atoms with E-state index in [4.69, 9.17) is 4.74 Å². The van der Waals surface area contributed by atoms with Crippen LogP contribution in [0.15, 0.2) is 48.9 Å². The van der Waals surface area contributed by atoms with Gasteiger partial charge >= 0.3 is 0 Å². The number of anilines is 2. The van der Waals surface area contributed by atoms with Crippen LogP contribution in [-0.4, -0.2) is 73.4 Å². The standard InChI is InChI=1S/C27H30N8O2/c1-2-37-25-15-22(29-17-30-25)20-5-6-21-23(14-20)32-27(31-21)33-24-13-18(7-8-28-24)16-34-9-11-35(12-10-34)26(36)19-3-4-19/h5-8,13-15,17,19H,2-4,9-12,16H2,1H3,(H2,28,31,32,33). The van der Waals surface area contributed by atoms with E-state index < -0.39 is 0 Å². The van der Waals surface area contributed by atoms with Gasteiger partial charge in [0.15, 0.2) is 0 Å². The molecule has 1 saturated heterocycles. The number of benzene rings is 1. The molecular weight excluding hydrogens is 468 g/mol. The first-order valence-corrected chi connectivity index (χ1v) is 12.8. The summed E-state index contributed by atoms with van der Waals surface area (Å²) in [5.74, 6) is 2.56. The monoisotopic (exact) mass is 498 g/mol. The molecule has 2 aliphatic rings. The van der Waals surface area contributed by atoms with Gasteiger partial charge in [-0.2, -0.15) is 0 Å². The Morgan fingerprint density at radius 3 is 2.76 bits per heavy atom. The van der Waals surface area contributed by atoms with E-state index >= 15 is 0 Å². The molecule has 4 heterocycles. The largest absolute Gasteiger partial charge is 0.478 e. The van der Waals surface area contributed by atoms with Gasteiger partial charge in [-0.15, -0.1) is 0 Å². The lowest BCUT2D eigenvalue weighted by Crippen LogP contribution is -2.48. The molecule has 3 aromatic heterocycles. The van der Waals surface area contributed by atoms with Crippen molar-refractivity contribution in [2.24, 2.45) is 5.92 Å². The summed E-state index contributed by atoms with van der Waals surface area (Å²) in [5, 5.41) is 3.30. The molecule has 2 fully saturated rings. The second kappa shape index (κ2) is 10.1. The van der Waals surface area contributed by atoms with Crippen LogP contribution in [0.25, 0.3) is 22.3 Å². The van der Waals surface area contributed by atoms with Crippen molar-refractivity contribution in [2.45, 2.75) is 26.3 Å². The summed E-state index contributed by atoms with van der Waals surface area (Å²) in [6.07, 6.45) is 5.46. The molecule has 0 spiro atoms. The molecule has 1 aliphatic heterocycles. The van der Waals surface area contributed by atoms with Gasteiger partial charge in [0.2, 0.25) is 17.7 Å². The van der Waals surface area contributed by atoms with Crippen molar-refractivity contribution in [2.75, 3.05) is 38.1 Å². The van der Waals surface area contributed by atoms with E-state index in [1.807, 2.05) is 48.4 Å². The van der Waals surface area contributed by atoms with E-state index in [-0.39, 0.29) is 0 Å². The van der Waals surface area contributed by atoms with Crippen LogP contribution >= 0.6 is 0 Å². The highest BCUT2D eigenvalue weighted by Crippen LogP contribution is 2.31. The third-order valence-corrected chi connectivity index (χ3v) is 6.80. The van der Waals surface area contributed by atoms with Crippen LogP contribution in [0, 0.1) is 5.92 Å². The number of nitrogens with zero attached hydrogens (tertiary/aromatic N) is 6. The number of amides is 1. The second-order valence-electron chi connectivity index (χ2n) is 9.54. The number of rotatable bonds is 8. The number of ether oxygens (including phenoxy) is 1. The zero-order valence-electron chi connectivity index (χ0n) is 20.9. The van der Waals surface area contributed by atoms with Crippen LogP contribution in [0.4, 0.5) is 11.8 Å². The van der Waals surface area contributed by atoms with Gasteiger partial charge in [0.1, 0.15) is 12.1 Å². The van der Waals surface area contributed by atoms with Crippen molar-refractivity contribution in [3.63, 3.8) is 0 Å². The number of imidazole rings is 1. The summed E-state index contributed by atoms with van der Waals surface area (Å²) in [6, 6.07) is 11.9. The average molecular weight is 499 g/mol. The number of nitrogens with one attached hydrogen (secondary N) is 2. The summed E-state index contributed by atoms with van der Waals surface area (Å²) in [7, 11) is 0. The summed E-state index contributed by atoms with van der Waals surface area (Å²) in [6.45, 7) is 6.73. The Bertz CT molecular complexity index is 1410. The zero-order valence-corrected chi connectivity index (χ0v) is 20.9. The number of piperazine rings is 1. The topological polar surface area (TPSA) is 112 Å². The average Bonchev–Trinajstić information content (AvgIpc) is 3.69. The van der Waals surface area contributed by atoms with E-state index in [9.17, 15) is 4.79 Å². The third kappa shape index (κ3) is 5.39. The molecule has 2 N–H and O–H groups in total. The molecule has 1 amide bonds. The van der Waals surface area contributed by atoms with Gasteiger partial charge in [0.25, 0.3) is 0 Å². The Morgan fingerprint density at radius 2 is 1.95 bits per heavy atom. The predicted molar refractivity (Wildman–Crippen MR) is 140 cm³/mol. The lowest BCUT2D eigenvalue weighted by Gasteiger charge is -2.34. The smallest absolute Gasteiger partial charge is 0.225 e. The highest BCUT2D eigenvalue weighted by molar-refractivity contribution is 5.83. The second-order valence-corrected chi connectivity index (χ2v) is 9.54. The van der Waals surface area contributed by atoms with Crippen LogP contribution in [0.2, 0.25) is 0 Å². The Morgan fingerprint density at radius 1 is 1.08 bits per heavy atom. The molecule has 0 unspecified atom stereocenters. The number of fused-ring (bicyclic) bond motifs is 1. The molecule has 4 aromatic rings. The first-order chi connectivity index (χ1) is 18.1. The Hall–Kier alpha value is -4.05. The van der Waals surface area contributed by atoms with Crippen molar-refractivity contribution < 1.29 is 9.53 Å². The Labute approximate surface area is 215 Å². The molecule has 1 aromatic carbocycles. The van der Waals surface area contributed by atoms with E-state index in [2.05, 4.69) is 41.2 Å². The third-order valence-electron chi connectivity index (χ3n) is 6.80. The number of H-pyrrole nitrogens is 1. The van der Waals surface area contributed by atoms with Gasteiger partial charge in [0.05, 0.1) is 23.3 Å². The fourth-order valence-electron chi connectivity index (χ4n) is 4.69. The fourth-order valence-corrected chi connectivity index (χ4v) is 4.69. The number of hydrogen-bond donors (Lipinski definition) is 2. The van der Waals surface area contributed by atoms with Gasteiger partial charge in [0, 0.05) is 56.5 Å². The maximum atomic E-state index is 12.3. The van der Waals surface area contributed by atoms with E-state index in [1.54, 1.807) is 0 Å². The van der Waals surface area contributed by atoms with Gasteiger partial charge < -0.3 is 19.9 Å². The summed E-state index contributed by atoms with van der Waals surface area (Å²) < 4.78 is 5.50. The molecule has 0 radical (unpaired) electrons. The quantitative estimate of drug-likeness (QED) is 0.379. The number of carbonyl (C=O) groups is 1. The lowest BCUT2D eigenvalue weighted by atomic mass is 10.1. The molecule has 1 aliphatic carbocycles. The molecule has 10 heteroatoms. The Balaban J connectivity index is 1.11. The first-order valence-electron chi connectivity index (χ1n) is 12.8. The SMILES string of the molecule is CCOc1cc(-c2ccc3nc(Nc4cc(CN5CCN(C(=O)C6CC6)CC5)ccn4)[nH]c3c2)ncn1. The van der Waals surface area contributed by atoms with Crippen molar-refractivity contribution >= 4 is 28.7 Å². The number of carbonyl (C=O) groups excluding carboxylic acids is 1. The molecule has 1 saturated carbocycles. The minimum atomic E-state index is 0.297. The number of pyridine rings is 1. The predicted octanol–water partition coefficient (Wildman–Crippen LogP) is 3.61. The molecule has 0 atom stereocenters. The van der Waals surface area contributed by atoms with Crippen LogP contribution in [0.5, 0.6) is 5.88 Å². The van der Waals surface area contributed by atoms with Gasteiger partial charge in [-0.05, 0) is 49.6 Å². The zero-order chi connectivity index (χ0) is 25.2. The summed E-state index contributed by atoms with van der Waals surface area (Å²) in [5.41, 5.74) is 4.65. The molecular formula is C27H30N8O2. The number of hydrogen-bond acceptors (Lipinski definition) is 8. The van der Waals surface area contributed by atoms with Gasteiger partial charge in [-0.3, -0.25) is 9.69 Å². The normalized spacial score (nSPS) is 16.2. The van der Waals surface area contributed by atoms with Crippen molar-refractivity contribution in [1.29, 1.82) is 0 Å². The van der Waals surface area contributed by atoms with Gasteiger partial charge in [-0.1, -0.05) is 6.07 Å². The van der Waals surface area contributed by atoms with Crippen LogP contribution < -0.4 is 10.1 Å². The van der Waals surface area contributed by atoms with Crippen LogP contribution in [-0.2, 0) is 11.3 Å². The van der Waals surface area contributed by atoms with E-state index in [0.717, 1.165) is 73.7 Å². The molecule has 37 heavy (non-hydrogen) atoms. The van der Waals surface area contributed by atoms with Crippen molar-refractivity contribution in [3.8, 4) is 17.1 Å². The van der Waals surface area contributed by atoms with E-state index in [1.165, 1.54) is 11.9 Å². The maximum absolute atomic E-state index is 12.3. The molecule has 190 valence electrons. The summed E-state index contributed by atoms with van der Waals surface area (Å²) in [4.78, 5) is 37.7. The van der Waals surface area contributed by atoms with Crippen LogP contribution in [0.3, 0.4) is 0 Å². The summed E-state index contributed by atoms with van der Waals surface area (Å²) >= 11 is 0.